The minimum Gasteiger partial charge on any atom is -0.313 e. The van der Waals surface area contributed by atoms with Crippen molar-refractivity contribution in [1.29, 1.82) is 0 Å². The van der Waals surface area contributed by atoms with Gasteiger partial charge in [-0.1, -0.05) is 11.6 Å². The van der Waals surface area contributed by atoms with E-state index in [2.05, 4.69) is 23.2 Å². The molecule has 1 N–H and O–H groups in total. The Balaban J connectivity index is 1.76. The molecular weight excluding hydrogens is 160 g/mol. The van der Waals surface area contributed by atoms with Gasteiger partial charge in [0, 0.05) is 25.7 Å². The highest BCUT2D eigenvalue weighted by Gasteiger charge is 2.18. The van der Waals surface area contributed by atoms with Crippen LogP contribution >= 0.6 is 0 Å². The van der Waals surface area contributed by atoms with Crippen molar-refractivity contribution in [2.75, 3.05) is 26.2 Å². The lowest BCUT2D eigenvalue weighted by atomic mass is 10.1. The van der Waals surface area contributed by atoms with Gasteiger partial charge in [-0.25, -0.2) is 0 Å². The number of rotatable bonds is 2. The van der Waals surface area contributed by atoms with Gasteiger partial charge in [-0.15, -0.1) is 0 Å². The summed E-state index contributed by atoms with van der Waals surface area (Å²) in [6.45, 7) is 7.16. The molecule has 0 saturated carbocycles. The minimum atomic E-state index is 0.770. The average molecular weight is 180 g/mol. The summed E-state index contributed by atoms with van der Waals surface area (Å²) in [5, 5.41) is 3.55. The van der Waals surface area contributed by atoms with Gasteiger partial charge in [-0.3, -0.25) is 4.90 Å². The largest absolute Gasteiger partial charge is 0.313 e. The summed E-state index contributed by atoms with van der Waals surface area (Å²) in [6, 6.07) is 0.770. The quantitative estimate of drug-likeness (QED) is 0.646. The van der Waals surface area contributed by atoms with Crippen LogP contribution in [0.4, 0.5) is 0 Å². The van der Waals surface area contributed by atoms with Gasteiger partial charge in [0.25, 0.3) is 0 Å². The van der Waals surface area contributed by atoms with Crippen LogP contribution < -0.4 is 5.32 Å². The van der Waals surface area contributed by atoms with Crippen molar-refractivity contribution in [3.8, 4) is 0 Å². The summed E-state index contributed by atoms with van der Waals surface area (Å²) in [5.41, 5.74) is 1.57. The molecule has 2 aliphatic rings. The third-order valence-corrected chi connectivity index (χ3v) is 3.16. The molecule has 0 aliphatic carbocycles. The Bertz CT molecular complexity index is 192. The average Bonchev–Trinajstić information content (AvgIpc) is 2.62. The summed E-state index contributed by atoms with van der Waals surface area (Å²) in [6.07, 6.45) is 6.39. The molecule has 0 aromatic rings. The minimum absolute atomic E-state index is 0.770. The molecule has 0 unspecified atom stereocenters. The van der Waals surface area contributed by atoms with Gasteiger partial charge in [0.1, 0.15) is 0 Å². The Morgan fingerprint density at radius 1 is 1.62 bits per heavy atom. The third-order valence-electron chi connectivity index (χ3n) is 3.16. The SMILES string of the molecule is CC1=CCN(C[C@@H]2CCCN2)CC1. The first-order valence-corrected chi connectivity index (χ1v) is 5.46. The molecule has 2 heterocycles. The fraction of sp³-hybridized carbons (Fsp3) is 0.818. The number of hydrogen-bond donors (Lipinski definition) is 1. The van der Waals surface area contributed by atoms with Crippen molar-refractivity contribution in [2.24, 2.45) is 0 Å². The van der Waals surface area contributed by atoms with Crippen molar-refractivity contribution in [1.82, 2.24) is 10.2 Å². The van der Waals surface area contributed by atoms with E-state index < -0.39 is 0 Å². The Morgan fingerprint density at radius 3 is 3.15 bits per heavy atom. The Hall–Kier alpha value is -0.340. The Morgan fingerprint density at radius 2 is 2.54 bits per heavy atom. The van der Waals surface area contributed by atoms with Crippen LogP contribution in [0.1, 0.15) is 26.2 Å². The van der Waals surface area contributed by atoms with Crippen molar-refractivity contribution >= 4 is 0 Å². The fourth-order valence-corrected chi connectivity index (χ4v) is 2.20. The predicted molar refractivity (Wildman–Crippen MR) is 55.8 cm³/mol. The van der Waals surface area contributed by atoms with E-state index in [9.17, 15) is 0 Å². The summed E-state index contributed by atoms with van der Waals surface area (Å²) < 4.78 is 0. The number of nitrogens with one attached hydrogen (secondary N) is 1. The van der Waals surface area contributed by atoms with E-state index in [0.29, 0.717) is 0 Å². The monoisotopic (exact) mass is 180 g/mol. The molecule has 0 aromatic heterocycles. The molecule has 2 rings (SSSR count). The third kappa shape index (κ3) is 2.55. The lowest BCUT2D eigenvalue weighted by Gasteiger charge is -2.27. The lowest BCUT2D eigenvalue weighted by Crippen LogP contribution is -2.39. The highest BCUT2D eigenvalue weighted by Crippen LogP contribution is 2.12. The lowest BCUT2D eigenvalue weighted by molar-refractivity contribution is 0.266. The molecule has 0 aromatic carbocycles. The molecule has 0 bridgehead atoms. The summed E-state index contributed by atoms with van der Waals surface area (Å²) in [5.74, 6) is 0. The zero-order chi connectivity index (χ0) is 9.10. The van der Waals surface area contributed by atoms with Crippen LogP contribution in [0.3, 0.4) is 0 Å². The number of nitrogens with zero attached hydrogens (tertiary/aromatic N) is 1. The zero-order valence-electron chi connectivity index (χ0n) is 8.55. The molecular formula is C11H20N2. The van der Waals surface area contributed by atoms with E-state index in [0.717, 1.165) is 6.04 Å². The van der Waals surface area contributed by atoms with E-state index in [4.69, 9.17) is 0 Å². The van der Waals surface area contributed by atoms with E-state index in [1.165, 1.54) is 45.4 Å². The maximum atomic E-state index is 3.55. The van der Waals surface area contributed by atoms with E-state index in [-0.39, 0.29) is 0 Å². The second kappa shape index (κ2) is 4.25. The molecule has 1 fully saturated rings. The predicted octanol–water partition coefficient (Wildman–Crippen LogP) is 1.39. The number of hydrogen-bond acceptors (Lipinski definition) is 2. The zero-order valence-corrected chi connectivity index (χ0v) is 8.55. The summed E-state index contributed by atoms with van der Waals surface area (Å²) >= 11 is 0. The summed E-state index contributed by atoms with van der Waals surface area (Å²) in [4.78, 5) is 2.57. The van der Waals surface area contributed by atoms with Crippen molar-refractivity contribution in [2.45, 2.75) is 32.2 Å². The van der Waals surface area contributed by atoms with Gasteiger partial charge in [0.15, 0.2) is 0 Å². The molecule has 0 spiro atoms. The maximum Gasteiger partial charge on any atom is 0.0195 e. The van der Waals surface area contributed by atoms with Gasteiger partial charge < -0.3 is 5.32 Å². The summed E-state index contributed by atoms with van der Waals surface area (Å²) in [7, 11) is 0. The van der Waals surface area contributed by atoms with Gasteiger partial charge in [0.05, 0.1) is 0 Å². The standard InChI is InChI=1S/C11H20N2/c1-10-4-7-13(8-5-10)9-11-3-2-6-12-11/h4,11-12H,2-3,5-9H2,1H3/t11-/m0/s1. The maximum absolute atomic E-state index is 3.55. The molecule has 2 nitrogen and oxygen atoms in total. The molecule has 2 heteroatoms. The van der Waals surface area contributed by atoms with Gasteiger partial charge in [-0.2, -0.15) is 0 Å². The topological polar surface area (TPSA) is 15.3 Å². The molecule has 0 amide bonds. The normalized spacial score (nSPS) is 30.5. The fourth-order valence-electron chi connectivity index (χ4n) is 2.20. The van der Waals surface area contributed by atoms with Crippen molar-refractivity contribution < 1.29 is 0 Å². The van der Waals surface area contributed by atoms with Crippen molar-refractivity contribution in [3.63, 3.8) is 0 Å². The molecule has 74 valence electrons. The van der Waals surface area contributed by atoms with Crippen LogP contribution in [0.2, 0.25) is 0 Å². The van der Waals surface area contributed by atoms with Crippen LogP contribution in [-0.2, 0) is 0 Å². The highest BCUT2D eigenvalue weighted by atomic mass is 15.2. The van der Waals surface area contributed by atoms with E-state index in [1.54, 1.807) is 5.57 Å². The van der Waals surface area contributed by atoms with E-state index in [1.807, 2.05) is 0 Å². The van der Waals surface area contributed by atoms with Crippen LogP contribution in [0.5, 0.6) is 0 Å². The smallest absolute Gasteiger partial charge is 0.0195 e. The first kappa shape index (κ1) is 9.22. The Labute approximate surface area is 81.0 Å². The molecule has 1 saturated heterocycles. The first-order valence-electron chi connectivity index (χ1n) is 5.46. The molecule has 0 radical (unpaired) electrons. The van der Waals surface area contributed by atoms with Gasteiger partial charge in [0.2, 0.25) is 0 Å². The molecule has 2 aliphatic heterocycles. The molecule has 1 atom stereocenters. The van der Waals surface area contributed by atoms with Gasteiger partial charge >= 0.3 is 0 Å². The van der Waals surface area contributed by atoms with Crippen LogP contribution in [0.25, 0.3) is 0 Å². The van der Waals surface area contributed by atoms with Crippen LogP contribution in [-0.4, -0.2) is 37.1 Å². The highest BCUT2D eigenvalue weighted by molar-refractivity contribution is 5.04. The first-order chi connectivity index (χ1) is 6.34. The van der Waals surface area contributed by atoms with Crippen LogP contribution in [0, 0.1) is 0 Å². The van der Waals surface area contributed by atoms with E-state index >= 15 is 0 Å². The molecule has 13 heavy (non-hydrogen) atoms. The second-order valence-corrected chi connectivity index (χ2v) is 4.35. The Kier molecular flexibility index (Phi) is 3.01. The second-order valence-electron chi connectivity index (χ2n) is 4.35. The van der Waals surface area contributed by atoms with Crippen LogP contribution in [0.15, 0.2) is 11.6 Å². The van der Waals surface area contributed by atoms with Crippen molar-refractivity contribution in [3.05, 3.63) is 11.6 Å². The van der Waals surface area contributed by atoms with Gasteiger partial charge in [-0.05, 0) is 32.7 Å².